The van der Waals surface area contributed by atoms with Crippen LogP contribution in [-0.2, 0) is 6.61 Å². The van der Waals surface area contributed by atoms with Gasteiger partial charge in [-0.1, -0.05) is 60.3 Å². The molecule has 0 amide bonds. The van der Waals surface area contributed by atoms with E-state index in [0.29, 0.717) is 35.7 Å². The van der Waals surface area contributed by atoms with Crippen LogP contribution in [0.4, 0.5) is 0 Å². The molecule has 0 unspecified atom stereocenters. The van der Waals surface area contributed by atoms with E-state index in [9.17, 15) is 10.1 Å². The number of aromatic nitrogens is 3. The maximum absolute atomic E-state index is 11.6. The van der Waals surface area contributed by atoms with Gasteiger partial charge in [-0.2, -0.15) is 0 Å². The van der Waals surface area contributed by atoms with Crippen molar-refractivity contribution in [2.24, 2.45) is 0 Å². The van der Waals surface area contributed by atoms with Crippen LogP contribution in [0.1, 0.15) is 34.7 Å². The highest BCUT2D eigenvalue weighted by Gasteiger charge is 2.25. The number of hydrogen-bond donors (Lipinski definition) is 0. The molecule has 3 aromatic carbocycles. The molecule has 36 heavy (non-hydrogen) atoms. The summed E-state index contributed by atoms with van der Waals surface area (Å²) >= 11 is 1.31. The summed E-state index contributed by atoms with van der Waals surface area (Å²) in [5.74, 6) is 1.85. The standard InChI is InChI=1S/C27H28N4O4S/c1-4-34-25-16-22(13-14-24(25)35-18-21-10-6-5-7-11-21)26(17-30(32)33)36-27-29-28-20(3)31(27)23-12-8-9-19(2)15-23/h5-16,26H,4,17-18H2,1-3H3/t26-/m1/s1. The van der Waals surface area contributed by atoms with Crippen LogP contribution >= 0.6 is 11.8 Å². The number of thioether (sulfide) groups is 1. The first-order valence-electron chi connectivity index (χ1n) is 11.7. The Bertz CT molecular complexity index is 1330. The molecule has 0 saturated heterocycles. The molecule has 0 radical (unpaired) electrons. The number of rotatable bonds is 11. The zero-order chi connectivity index (χ0) is 25.5. The molecule has 0 saturated carbocycles. The molecule has 0 spiro atoms. The van der Waals surface area contributed by atoms with Gasteiger partial charge in [0.15, 0.2) is 16.7 Å². The molecular formula is C27H28N4O4S. The van der Waals surface area contributed by atoms with E-state index in [1.165, 1.54) is 11.8 Å². The van der Waals surface area contributed by atoms with Crippen LogP contribution in [0, 0.1) is 24.0 Å². The number of nitro groups is 1. The summed E-state index contributed by atoms with van der Waals surface area (Å²) in [4.78, 5) is 11.3. The number of hydrogen-bond acceptors (Lipinski definition) is 7. The topological polar surface area (TPSA) is 92.3 Å². The predicted molar refractivity (Wildman–Crippen MR) is 140 cm³/mol. The van der Waals surface area contributed by atoms with Crippen LogP contribution < -0.4 is 9.47 Å². The van der Waals surface area contributed by atoms with E-state index >= 15 is 0 Å². The van der Waals surface area contributed by atoms with Gasteiger partial charge in [0.05, 0.1) is 6.61 Å². The molecule has 1 atom stereocenters. The van der Waals surface area contributed by atoms with Crippen molar-refractivity contribution >= 4 is 11.8 Å². The zero-order valence-electron chi connectivity index (χ0n) is 20.5. The second-order valence-corrected chi connectivity index (χ2v) is 9.41. The fourth-order valence-corrected chi connectivity index (χ4v) is 4.97. The lowest BCUT2D eigenvalue weighted by Crippen LogP contribution is -2.12. The summed E-state index contributed by atoms with van der Waals surface area (Å²) in [7, 11) is 0. The van der Waals surface area contributed by atoms with Gasteiger partial charge in [0.1, 0.15) is 17.7 Å². The molecule has 0 aliphatic carbocycles. The molecule has 0 bridgehead atoms. The molecule has 1 aromatic heterocycles. The Balaban J connectivity index is 1.63. The van der Waals surface area contributed by atoms with E-state index in [-0.39, 0.29) is 11.5 Å². The maximum atomic E-state index is 11.6. The summed E-state index contributed by atoms with van der Waals surface area (Å²) < 4.78 is 13.8. The second-order valence-electron chi connectivity index (χ2n) is 8.24. The quantitative estimate of drug-likeness (QED) is 0.141. The molecule has 0 fully saturated rings. The summed E-state index contributed by atoms with van der Waals surface area (Å²) in [6.07, 6.45) is 0. The first-order chi connectivity index (χ1) is 17.4. The van der Waals surface area contributed by atoms with Crippen molar-refractivity contribution in [3.63, 3.8) is 0 Å². The van der Waals surface area contributed by atoms with Crippen molar-refractivity contribution < 1.29 is 14.4 Å². The van der Waals surface area contributed by atoms with Gasteiger partial charge in [0.25, 0.3) is 0 Å². The fraction of sp³-hybridized carbons (Fsp3) is 0.259. The molecule has 186 valence electrons. The smallest absolute Gasteiger partial charge is 0.220 e. The van der Waals surface area contributed by atoms with Crippen LogP contribution in [0.5, 0.6) is 11.5 Å². The SMILES string of the molecule is CCOc1cc([C@@H](C[N+](=O)[O-])Sc2nnc(C)n2-c2cccc(C)c2)ccc1OCc1ccccc1. The number of aryl methyl sites for hydroxylation is 2. The Kier molecular flexibility index (Phi) is 8.22. The van der Waals surface area contributed by atoms with Crippen molar-refractivity contribution in [1.82, 2.24) is 14.8 Å². The van der Waals surface area contributed by atoms with Crippen LogP contribution in [0.3, 0.4) is 0 Å². The Morgan fingerprint density at radius 1 is 0.972 bits per heavy atom. The Labute approximate surface area is 214 Å². The molecule has 1 heterocycles. The second kappa shape index (κ2) is 11.7. The van der Waals surface area contributed by atoms with Gasteiger partial charge in [-0.05, 0) is 61.7 Å². The average Bonchev–Trinajstić information content (AvgIpc) is 3.23. The van der Waals surface area contributed by atoms with Crippen molar-refractivity contribution in [1.29, 1.82) is 0 Å². The molecular weight excluding hydrogens is 476 g/mol. The van der Waals surface area contributed by atoms with E-state index < -0.39 is 5.25 Å². The van der Waals surface area contributed by atoms with Gasteiger partial charge in [0, 0.05) is 10.6 Å². The summed E-state index contributed by atoms with van der Waals surface area (Å²) in [6, 6.07) is 23.3. The van der Waals surface area contributed by atoms with E-state index in [2.05, 4.69) is 10.2 Å². The molecule has 0 aliphatic heterocycles. The van der Waals surface area contributed by atoms with Crippen LogP contribution in [0.15, 0.2) is 78.0 Å². The third-order valence-corrected chi connectivity index (χ3v) is 6.67. The van der Waals surface area contributed by atoms with Gasteiger partial charge >= 0.3 is 0 Å². The van der Waals surface area contributed by atoms with Crippen molar-refractivity contribution in [2.45, 2.75) is 37.8 Å². The molecule has 4 rings (SSSR count). The third kappa shape index (κ3) is 6.23. The zero-order valence-corrected chi connectivity index (χ0v) is 21.3. The molecule has 8 nitrogen and oxygen atoms in total. The minimum absolute atomic E-state index is 0.278. The van der Waals surface area contributed by atoms with Gasteiger partial charge in [-0.15, -0.1) is 10.2 Å². The predicted octanol–water partition coefficient (Wildman–Crippen LogP) is 5.97. The highest BCUT2D eigenvalue weighted by Crippen LogP contribution is 2.39. The lowest BCUT2D eigenvalue weighted by Gasteiger charge is -2.17. The average molecular weight is 505 g/mol. The summed E-state index contributed by atoms with van der Waals surface area (Å²) in [5.41, 5.74) is 3.81. The van der Waals surface area contributed by atoms with Crippen LogP contribution in [0.2, 0.25) is 0 Å². The minimum atomic E-state index is -0.505. The molecule has 4 aromatic rings. The maximum Gasteiger partial charge on any atom is 0.220 e. The van der Waals surface area contributed by atoms with Crippen molar-refractivity contribution in [2.75, 3.05) is 13.2 Å². The Hall–Kier alpha value is -3.85. The number of ether oxygens (including phenoxy) is 2. The number of nitrogens with zero attached hydrogens (tertiary/aromatic N) is 4. The monoisotopic (exact) mass is 504 g/mol. The van der Waals surface area contributed by atoms with E-state index in [1.807, 2.05) is 98.1 Å². The Morgan fingerprint density at radius 2 is 1.78 bits per heavy atom. The van der Waals surface area contributed by atoms with E-state index in [0.717, 1.165) is 22.4 Å². The summed E-state index contributed by atoms with van der Waals surface area (Å²) in [5, 5.41) is 20.3. The molecule has 0 N–H and O–H groups in total. The van der Waals surface area contributed by atoms with Crippen LogP contribution in [-0.4, -0.2) is 32.8 Å². The Morgan fingerprint density at radius 3 is 2.50 bits per heavy atom. The fourth-order valence-electron chi connectivity index (χ4n) is 3.80. The minimum Gasteiger partial charge on any atom is -0.490 e. The lowest BCUT2D eigenvalue weighted by molar-refractivity contribution is -0.479. The van der Waals surface area contributed by atoms with E-state index in [4.69, 9.17) is 9.47 Å². The normalized spacial score (nSPS) is 11.8. The van der Waals surface area contributed by atoms with Gasteiger partial charge in [0.2, 0.25) is 6.54 Å². The molecule has 0 aliphatic rings. The first-order valence-corrected chi connectivity index (χ1v) is 12.5. The van der Waals surface area contributed by atoms with Gasteiger partial charge < -0.3 is 9.47 Å². The van der Waals surface area contributed by atoms with Crippen LogP contribution in [0.25, 0.3) is 5.69 Å². The van der Waals surface area contributed by atoms with Crippen molar-refractivity contribution in [3.05, 3.63) is 105 Å². The van der Waals surface area contributed by atoms with Gasteiger partial charge in [-0.25, -0.2) is 0 Å². The van der Waals surface area contributed by atoms with E-state index in [1.54, 1.807) is 0 Å². The highest BCUT2D eigenvalue weighted by atomic mass is 32.2. The van der Waals surface area contributed by atoms with Gasteiger partial charge in [-0.3, -0.25) is 14.7 Å². The summed E-state index contributed by atoms with van der Waals surface area (Å²) in [6.45, 7) is 6.34. The lowest BCUT2D eigenvalue weighted by atomic mass is 10.1. The van der Waals surface area contributed by atoms with Crippen molar-refractivity contribution in [3.8, 4) is 17.2 Å². The largest absolute Gasteiger partial charge is 0.490 e. The molecule has 9 heteroatoms. The highest BCUT2D eigenvalue weighted by molar-refractivity contribution is 7.99. The third-order valence-electron chi connectivity index (χ3n) is 5.49. The first kappa shape index (κ1) is 25.2. The number of benzene rings is 3.